The van der Waals surface area contributed by atoms with Crippen LogP contribution in [0.3, 0.4) is 0 Å². The van der Waals surface area contributed by atoms with E-state index in [4.69, 9.17) is 9.41 Å². The van der Waals surface area contributed by atoms with E-state index in [0.29, 0.717) is 25.1 Å². The molecule has 2 aromatic carbocycles. The van der Waals surface area contributed by atoms with Crippen molar-refractivity contribution in [3.8, 4) is 0 Å². The molecule has 0 bridgehead atoms. The molecule has 3 aromatic rings. The van der Waals surface area contributed by atoms with Gasteiger partial charge < -0.3 is 15.1 Å². The summed E-state index contributed by atoms with van der Waals surface area (Å²) in [6, 6.07) is 21.2. The highest BCUT2D eigenvalue weighted by Crippen LogP contribution is 2.15. The van der Waals surface area contributed by atoms with Gasteiger partial charge in [-0.1, -0.05) is 42.5 Å². The highest BCUT2D eigenvalue weighted by molar-refractivity contribution is 14.0. The van der Waals surface area contributed by atoms with E-state index in [1.165, 1.54) is 17.7 Å². The number of aliphatic imine (C=N–C) groups is 1. The van der Waals surface area contributed by atoms with Gasteiger partial charge in [0.1, 0.15) is 5.76 Å². The number of nitro groups is 1. The average Bonchev–Trinajstić information content (AvgIpc) is 3.37. The molecule has 180 valence electrons. The van der Waals surface area contributed by atoms with Crippen LogP contribution in [0.4, 0.5) is 5.69 Å². The molecule has 1 aliphatic rings. The number of piperidine rings is 1. The number of halogens is 1. The van der Waals surface area contributed by atoms with Crippen molar-refractivity contribution in [2.45, 2.75) is 38.5 Å². The van der Waals surface area contributed by atoms with E-state index in [9.17, 15) is 10.1 Å². The van der Waals surface area contributed by atoms with Crippen LogP contribution in [0.1, 0.15) is 29.7 Å². The normalized spacial score (nSPS) is 14.9. The third-order valence-electron chi connectivity index (χ3n) is 5.75. The van der Waals surface area contributed by atoms with Gasteiger partial charge in [0.2, 0.25) is 0 Å². The molecule has 1 aromatic heterocycles. The molecule has 8 nitrogen and oxygen atoms in total. The van der Waals surface area contributed by atoms with Gasteiger partial charge in [-0.05, 0) is 36.1 Å². The summed E-state index contributed by atoms with van der Waals surface area (Å²) in [5, 5.41) is 17.8. The van der Waals surface area contributed by atoms with Gasteiger partial charge in [-0.2, -0.15) is 0 Å². The summed E-state index contributed by atoms with van der Waals surface area (Å²) in [7, 11) is 0. The van der Waals surface area contributed by atoms with Crippen molar-refractivity contribution < 1.29 is 9.34 Å². The zero-order chi connectivity index (χ0) is 22.9. The van der Waals surface area contributed by atoms with E-state index < -0.39 is 4.92 Å². The number of guanidine groups is 1. The van der Waals surface area contributed by atoms with Crippen LogP contribution in [0, 0.1) is 10.1 Å². The summed E-state index contributed by atoms with van der Waals surface area (Å²) in [5.41, 5.74) is 2.34. The number of nitrogens with zero attached hydrogens (tertiary/aromatic N) is 3. The zero-order valence-corrected chi connectivity index (χ0v) is 21.3. The molecule has 2 N–H and O–H groups in total. The number of hydrogen-bond acceptors (Lipinski definition) is 5. The number of likely N-dealkylation sites (tertiary alicyclic amines) is 1. The van der Waals surface area contributed by atoms with Crippen molar-refractivity contribution in [1.82, 2.24) is 15.5 Å². The van der Waals surface area contributed by atoms with Crippen LogP contribution in [-0.4, -0.2) is 34.9 Å². The second-order valence-electron chi connectivity index (χ2n) is 8.20. The summed E-state index contributed by atoms with van der Waals surface area (Å²) in [5.74, 6) is 1.55. The maximum atomic E-state index is 10.9. The van der Waals surface area contributed by atoms with Crippen LogP contribution in [0.5, 0.6) is 0 Å². The minimum Gasteiger partial charge on any atom is -0.467 e. The predicted octanol–water partition coefficient (Wildman–Crippen LogP) is 4.71. The van der Waals surface area contributed by atoms with Gasteiger partial charge in [-0.15, -0.1) is 24.0 Å². The number of nitro benzene ring substituents is 1. The minimum absolute atomic E-state index is 0. The molecule has 0 unspecified atom stereocenters. The molecular weight excluding hydrogens is 545 g/mol. The van der Waals surface area contributed by atoms with Crippen LogP contribution in [-0.2, 0) is 19.6 Å². The predicted molar refractivity (Wildman–Crippen MR) is 143 cm³/mol. The lowest BCUT2D eigenvalue weighted by Gasteiger charge is -2.33. The molecule has 0 saturated carbocycles. The van der Waals surface area contributed by atoms with Gasteiger partial charge in [0.15, 0.2) is 5.96 Å². The van der Waals surface area contributed by atoms with E-state index in [0.717, 1.165) is 43.8 Å². The number of hydrogen-bond donors (Lipinski definition) is 2. The van der Waals surface area contributed by atoms with Gasteiger partial charge in [-0.3, -0.25) is 15.0 Å². The van der Waals surface area contributed by atoms with Crippen LogP contribution in [0.2, 0.25) is 0 Å². The molecule has 0 spiro atoms. The minimum atomic E-state index is -0.394. The number of nitrogens with one attached hydrogen (secondary N) is 2. The second kappa shape index (κ2) is 13.1. The molecule has 0 amide bonds. The molecule has 0 aliphatic carbocycles. The number of rotatable bonds is 8. The quantitative estimate of drug-likeness (QED) is 0.133. The Balaban J connectivity index is 0.00000324. The summed E-state index contributed by atoms with van der Waals surface area (Å²) in [4.78, 5) is 17.7. The lowest BCUT2D eigenvalue weighted by molar-refractivity contribution is -0.384. The monoisotopic (exact) mass is 575 g/mol. The lowest BCUT2D eigenvalue weighted by atomic mass is 10.0. The fourth-order valence-electron chi connectivity index (χ4n) is 3.90. The molecule has 1 saturated heterocycles. The Bertz CT molecular complexity index is 1030. The number of furan rings is 1. The summed E-state index contributed by atoms with van der Waals surface area (Å²) >= 11 is 0. The van der Waals surface area contributed by atoms with Crippen molar-refractivity contribution in [3.63, 3.8) is 0 Å². The fourth-order valence-corrected chi connectivity index (χ4v) is 3.90. The Morgan fingerprint density at radius 3 is 2.41 bits per heavy atom. The van der Waals surface area contributed by atoms with Gasteiger partial charge in [-0.25, -0.2) is 4.99 Å². The highest BCUT2D eigenvalue weighted by Gasteiger charge is 2.20. The summed E-state index contributed by atoms with van der Waals surface area (Å²) in [6.45, 7) is 4.00. The Morgan fingerprint density at radius 1 is 1.03 bits per heavy atom. The molecule has 1 fully saturated rings. The molecule has 2 heterocycles. The zero-order valence-electron chi connectivity index (χ0n) is 18.9. The van der Waals surface area contributed by atoms with Crippen molar-refractivity contribution in [2.75, 3.05) is 13.1 Å². The first-order valence-corrected chi connectivity index (χ1v) is 11.2. The molecule has 0 atom stereocenters. The third-order valence-corrected chi connectivity index (χ3v) is 5.75. The van der Waals surface area contributed by atoms with E-state index in [-0.39, 0.29) is 29.7 Å². The Hall–Kier alpha value is -2.92. The fraction of sp³-hybridized carbons (Fsp3) is 0.320. The SMILES string of the molecule is I.O=[N+]([O-])c1ccc(CN=C(NCc2ccco2)NC2CCN(Cc3ccccc3)CC2)cc1. The average molecular weight is 575 g/mol. The van der Waals surface area contributed by atoms with Crippen LogP contribution in [0.25, 0.3) is 0 Å². The first-order chi connectivity index (χ1) is 16.2. The Labute approximate surface area is 216 Å². The summed E-state index contributed by atoms with van der Waals surface area (Å²) < 4.78 is 5.43. The first kappa shape index (κ1) is 25.7. The molecule has 34 heavy (non-hydrogen) atoms. The number of benzene rings is 2. The molecule has 4 rings (SSSR count). The van der Waals surface area contributed by atoms with E-state index in [2.05, 4.69) is 39.8 Å². The first-order valence-electron chi connectivity index (χ1n) is 11.2. The van der Waals surface area contributed by atoms with Gasteiger partial charge >= 0.3 is 0 Å². The maximum absolute atomic E-state index is 10.9. The van der Waals surface area contributed by atoms with E-state index in [1.54, 1.807) is 18.4 Å². The molecule has 1 aliphatic heterocycles. The number of non-ortho nitro benzene ring substituents is 1. The van der Waals surface area contributed by atoms with Crippen molar-refractivity contribution in [3.05, 3.63) is 100.0 Å². The topological polar surface area (TPSA) is 95.9 Å². The largest absolute Gasteiger partial charge is 0.467 e. The highest BCUT2D eigenvalue weighted by atomic mass is 127. The van der Waals surface area contributed by atoms with Crippen LogP contribution in [0.15, 0.2) is 82.4 Å². The van der Waals surface area contributed by atoms with Crippen molar-refractivity contribution in [2.24, 2.45) is 4.99 Å². The van der Waals surface area contributed by atoms with Crippen LogP contribution >= 0.6 is 24.0 Å². The summed E-state index contributed by atoms with van der Waals surface area (Å²) in [6.07, 6.45) is 3.72. The molecule has 0 radical (unpaired) electrons. The Morgan fingerprint density at radius 2 is 1.76 bits per heavy atom. The van der Waals surface area contributed by atoms with Crippen molar-refractivity contribution in [1.29, 1.82) is 0 Å². The van der Waals surface area contributed by atoms with E-state index in [1.807, 2.05) is 18.2 Å². The smallest absolute Gasteiger partial charge is 0.269 e. The maximum Gasteiger partial charge on any atom is 0.269 e. The molecular formula is C25H30IN5O3. The van der Waals surface area contributed by atoms with Gasteiger partial charge in [0, 0.05) is 37.8 Å². The van der Waals surface area contributed by atoms with Crippen LogP contribution < -0.4 is 10.6 Å². The molecule has 9 heteroatoms. The third kappa shape index (κ3) is 7.84. The van der Waals surface area contributed by atoms with E-state index >= 15 is 0 Å². The Kier molecular flexibility index (Phi) is 9.89. The van der Waals surface area contributed by atoms with Crippen molar-refractivity contribution >= 4 is 35.6 Å². The van der Waals surface area contributed by atoms with Gasteiger partial charge in [0.05, 0.1) is 24.3 Å². The van der Waals surface area contributed by atoms with Gasteiger partial charge in [0.25, 0.3) is 5.69 Å². The lowest BCUT2D eigenvalue weighted by Crippen LogP contribution is -2.48. The second-order valence-corrected chi connectivity index (χ2v) is 8.20. The standard InChI is InChI=1S/C25H29N5O3.HI/c31-30(32)23-10-8-20(9-11-23)17-26-25(27-18-24-7-4-16-33-24)28-22-12-14-29(15-13-22)19-21-5-2-1-3-6-21;/h1-11,16,22H,12-15,17-19H2,(H2,26,27,28);1H.